The van der Waals surface area contributed by atoms with Crippen LogP contribution in [0.3, 0.4) is 0 Å². The molecule has 0 N–H and O–H groups in total. The Morgan fingerprint density at radius 2 is 1.63 bits per heavy atom. The zero-order valence-electron chi connectivity index (χ0n) is 10.8. The summed E-state index contributed by atoms with van der Waals surface area (Å²) in [4.78, 5) is 11.2. The van der Waals surface area contributed by atoms with Crippen molar-refractivity contribution in [2.45, 2.75) is 13.8 Å². The molecule has 0 aliphatic heterocycles. The van der Waals surface area contributed by atoms with E-state index < -0.39 is 20.6 Å². The summed E-state index contributed by atoms with van der Waals surface area (Å²) in [5.74, 6) is 0.432. The van der Waals surface area contributed by atoms with Crippen LogP contribution in [-0.4, -0.2) is 5.97 Å². The van der Waals surface area contributed by atoms with Gasteiger partial charge in [0.25, 0.3) is 0 Å². The molecule has 0 saturated heterocycles. The number of hydrogen-bond acceptors (Lipinski definition) is 3. The van der Waals surface area contributed by atoms with Crippen LogP contribution in [0.1, 0.15) is 12.5 Å². The third-order valence-corrected chi connectivity index (χ3v) is 5.94. The van der Waals surface area contributed by atoms with E-state index in [2.05, 4.69) is 0 Å². The van der Waals surface area contributed by atoms with Crippen molar-refractivity contribution < 1.29 is 10.9 Å². The van der Waals surface area contributed by atoms with Crippen LogP contribution in [0.5, 0.6) is 5.75 Å². The Bertz CT molecular complexity index is 537. The summed E-state index contributed by atoms with van der Waals surface area (Å²) < 4.78 is 12.2. The maximum atomic E-state index is 11.2. The minimum atomic E-state index is -2.44. The predicted molar refractivity (Wildman–Crippen MR) is 82.7 cm³/mol. The maximum absolute atomic E-state index is 11.2. The molecular weight excluding hydrogens is 355 g/mol. The summed E-state index contributed by atoms with van der Waals surface area (Å²) in [6.07, 6.45) is 0. The molecule has 2 rings (SSSR count). The fourth-order valence-corrected chi connectivity index (χ4v) is 4.31. The van der Waals surface area contributed by atoms with Gasteiger partial charge in [-0.3, -0.25) is 0 Å². The average Bonchev–Trinajstić information content (AvgIpc) is 2.41. The van der Waals surface area contributed by atoms with Crippen LogP contribution in [0.4, 0.5) is 0 Å². The van der Waals surface area contributed by atoms with Gasteiger partial charge in [-0.25, -0.2) is 0 Å². The first-order chi connectivity index (χ1) is 9.15. The Morgan fingerprint density at radius 3 is 2.21 bits per heavy atom. The summed E-state index contributed by atoms with van der Waals surface area (Å²) in [5, 5.41) is 0. The normalized spacial score (nSPS) is 10.7. The molecule has 0 heterocycles. The molecule has 0 atom stereocenters. The first-order valence-corrected chi connectivity index (χ1v) is 8.68. The van der Waals surface area contributed by atoms with Crippen molar-refractivity contribution in [3.63, 3.8) is 0 Å². The van der Waals surface area contributed by atoms with Gasteiger partial charge in [-0.05, 0) is 0 Å². The number of benzene rings is 2. The molecule has 100 valence electrons. The molecule has 0 saturated carbocycles. The van der Waals surface area contributed by atoms with Crippen molar-refractivity contribution in [2.75, 3.05) is 0 Å². The zero-order valence-corrected chi connectivity index (χ0v) is 13.0. The topological polar surface area (TPSA) is 35.5 Å². The summed E-state index contributed by atoms with van der Waals surface area (Å²) >= 11 is -2.44. The third kappa shape index (κ3) is 4.24. The van der Waals surface area contributed by atoms with E-state index in [1.165, 1.54) is 12.5 Å². The SMILES string of the molecule is CC(=O)OI(Oc1ccc(C)cc1)c1ccccc1. The molecule has 0 aromatic heterocycles. The van der Waals surface area contributed by atoms with Gasteiger partial charge in [0.1, 0.15) is 0 Å². The number of rotatable bonds is 4. The number of carbonyl (C=O) groups is 1. The summed E-state index contributed by atoms with van der Waals surface area (Å²) in [5.41, 5.74) is 1.17. The molecule has 0 bridgehead atoms. The van der Waals surface area contributed by atoms with Crippen LogP contribution >= 0.6 is 20.6 Å². The molecule has 0 amide bonds. The van der Waals surface area contributed by atoms with Crippen LogP contribution in [0.15, 0.2) is 54.6 Å². The number of halogens is 1. The molecule has 4 heteroatoms. The quantitative estimate of drug-likeness (QED) is 0.759. The van der Waals surface area contributed by atoms with E-state index in [4.69, 9.17) is 6.13 Å². The van der Waals surface area contributed by atoms with Crippen LogP contribution < -0.4 is 3.07 Å². The molecular formula is C15H15IO3. The Hall–Kier alpha value is -1.56. The van der Waals surface area contributed by atoms with E-state index in [0.717, 1.165) is 9.32 Å². The number of aryl methyl sites for hydroxylation is 1. The van der Waals surface area contributed by atoms with Crippen molar-refractivity contribution in [2.24, 2.45) is 0 Å². The molecule has 19 heavy (non-hydrogen) atoms. The van der Waals surface area contributed by atoms with Crippen LogP contribution in [0.25, 0.3) is 0 Å². The van der Waals surface area contributed by atoms with Gasteiger partial charge in [-0.1, -0.05) is 0 Å². The van der Waals surface area contributed by atoms with Crippen LogP contribution in [0.2, 0.25) is 0 Å². The van der Waals surface area contributed by atoms with Crippen molar-refractivity contribution in [3.8, 4) is 5.75 Å². The molecule has 2 aromatic carbocycles. The molecule has 0 aliphatic carbocycles. The van der Waals surface area contributed by atoms with E-state index in [-0.39, 0.29) is 5.97 Å². The average molecular weight is 370 g/mol. The minimum absolute atomic E-state index is 0.304. The Balaban J connectivity index is 2.19. The second-order valence-electron chi connectivity index (χ2n) is 3.97. The molecule has 0 unspecified atom stereocenters. The number of hydrogen-bond donors (Lipinski definition) is 0. The Labute approximate surface area is 121 Å². The standard InChI is InChI=1S/C15H15IO3/c1-12-8-10-15(11-9-12)19-16(18-13(2)17)14-6-4-3-5-7-14/h3-11H,1-2H3. The van der Waals surface area contributed by atoms with Crippen molar-refractivity contribution in [1.82, 2.24) is 0 Å². The van der Waals surface area contributed by atoms with Gasteiger partial charge in [-0.2, -0.15) is 0 Å². The van der Waals surface area contributed by atoms with Crippen molar-refractivity contribution in [1.29, 1.82) is 0 Å². The Morgan fingerprint density at radius 1 is 1.00 bits per heavy atom. The zero-order chi connectivity index (χ0) is 13.7. The first-order valence-electron chi connectivity index (χ1n) is 5.84. The van der Waals surface area contributed by atoms with Gasteiger partial charge in [0.15, 0.2) is 0 Å². The summed E-state index contributed by atoms with van der Waals surface area (Å²) in [7, 11) is 0. The van der Waals surface area contributed by atoms with Gasteiger partial charge >= 0.3 is 121 Å². The second kappa shape index (κ2) is 6.56. The van der Waals surface area contributed by atoms with E-state index >= 15 is 0 Å². The van der Waals surface area contributed by atoms with E-state index in [1.54, 1.807) is 0 Å². The third-order valence-electron chi connectivity index (χ3n) is 2.27. The second-order valence-corrected chi connectivity index (χ2v) is 7.34. The molecule has 0 aliphatic rings. The number of carbonyl (C=O) groups excluding carboxylic acids is 1. The summed E-state index contributed by atoms with van der Waals surface area (Å²) in [6, 6.07) is 17.4. The van der Waals surface area contributed by atoms with Gasteiger partial charge in [0, 0.05) is 0 Å². The molecule has 2 aromatic rings. The van der Waals surface area contributed by atoms with Gasteiger partial charge in [-0.15, -0.1) is 0 Å². The van der Waals surface area contributed by atoms with Gasteiger partial charge in [0.2, 0.25) is 0 Å². The monoisotopic (exact) mass is 370 g/mol. The van der Waals surface area contributed by atoms with Gasteiger partial charge in [0.05, 0.1) is 0 Å². The molecule has 3 nitrogen and oxygen atoms in total. The molecule has 0 radical (unpaired) electrons. The van der Waals surface area contributed by atoms with Gasteiger partial charge < -0.3 is 0 Å². The predicted octanol–water partition coefficient (Wildman–Crippen LogP) is 4.14. The van der Waals surface area contributed by atoms with E-state index in [9.17, 15) is 4.79 Å². The van der Waals surface area contributed by atoms with Crippen LogP contribution in [0, 0.1) is 10.5 Å². The van der Waals surface area contributed by atoms with Crippen molar-refractivity contribution in [3.05, 3.63) is 63.7 Å². The van der Waals surface area contributed by atoms with E-state index in [1.807, 2.05) is 61.5 Å². The summed E-state index contributed by atoms with van der Waals surface area (Å²) in [6.45, 7) is 3.43. The Kier molecular flexibility index (Phi) is 4.79. The fourth-order valence-electron chi connectivity index (χ4n) is 1.39. The fraction of sp³-hybridized carbons (Fsp3) is 0.133. The molecule has 0 spiro atoms. The molecule has 0 fully saturated rings. The van der Waals surface area contributed by atoms with Crippen molar-refractivity contribution >= 4 is 26.6 Å². The van der Waals surface area contributed by atoms with E-state index in [0.29, 0.717) is 0 Å². The van der Waals surface area contributed by atoms with Crippen LogP contribution in [-0.2, 0) is 7.86 Å². The first kappa shape index (κ1) is 13.9.